The fourth-order valence-electron chi connectivity index (χ4n) is 7.62. The molecule has 0 aliphatic carbocycles. The summed E-state index contributed by atoms with van der Waals surface area (Å²) in [5, 5.41) is 15.0. The Morgan fingerprint density at radius 2 is 0.953 bits per heavy atom. The first-order valence-corrected chi connectivity index (χ1v) is 30.6. The molecular formula is C58H50ClF6N7O9S4. The van der Waals surface area contributed by atoms with Crippen LogP contribution in [-0.4, -0.2) is 77.0 Å². The van der Waals surface area contributed by atoms with E-state index in [2.05, 4.69) is 31.0 Å². The van der Waals surface area contributed by atoms with Crippen LogP contribution in [0.15, 0.2) is 172 Å². The van der Waals surface area contributed by atoms with E-state index in [1.165, 1.54) is 10.9 Å². The van der Waals surface area contributed by atoms with Gasteiger partial charge in [-0.2, -0.15) is 5.10 Å². The number of thiazole rings is 1. The van der Waals surface area contributed by atoms with Gasteiger partial charge >= 0.3 is 0 Å². The number of halogens is 7. The molecule has 0 radical (unpaired) electrons. The van der Waals surface area contributed by atoms with Crippen molar-refractivity contribution < 1.29 is 66.0 Å². The number of nitrogens with one attached hydrogen (secondary N) is 3. The van der Waals surface area contributed by atoms with E-state index in [4.69, 9.17) is 11.6 Å². The minimum atomic E-state index is -4.45. The molecule has 0 bridgehead atoms. The summed E-state index contributed by atoms with van der Waals surface area (Å²) in [6, 6.07) is 32.9. The van der Waals surface area contributed by atoms with Crippen LogP contribution in [0.5, 0.6) is 0 Å². The Hall–Kier alpha value is -8.30. The molecule has 9 rings (SSSR count). The second-order valence-corrected chi connectivity index (χ2v) is 28.7. The number of benzene rings is 6. The van der Waals surface area contributed by atoms with Crippen LogP contribution in [0, 0.1) is 34.9 Å². The third-order valence-electron chi connectivity index (χ3n) is 13.1. The normalized spacial score (nSPS) is 12.1. The maximum absolute atomic E-state index is 14.1. The zero-order chi connectivity index (χ0) is 62.6. The lowest BCUT2D eigenvalue weighted by Gasteiger charge is -2.24. The number of aromatic nitrogens is 4. The van der Waals surface area contributed by atoms with E-state index in [0.717, 1.165) is 111 Å². The molecule has 3 amide bonds. The van der Waals surface area contributed by atoms with Crippen LogP contribution in [0.25, 0.3) is 33.4 Å². The fourth-order valence-corrected chi connectivity index (χ4v) is 12.7. The van der Waals surface area contributed by atoms with Crippen molar-refractivity contribution in [2.45, 2.75) is 70.5 Å². The van der Waals surface area contributed by atoms with Gasteiger partial charge in [-0.25, -0.2) is 56.6 Å². The SMILES string of the molecule is CC(C)(C(=O)Nc1cnc2ccccc2c1)S(=O)(=O)c1ccc(F)cc1F.CC(C)(C(=O)Nc1nc(-c2ccc(Cl)cc2)cs1)S(=O)(=O)c1ccc(F)cc1F.Cn1nc(-c2ccccc2)cc1NC(=O)C(C)(C)S(=O)(=O)c1ccc(F)cc1F. The number of fused-ring (bicyclic) bond motifs is 1. The second kappa shape index (κ2) is 25.1. The van der Waals surface area contributed by atoms with E-state index in [-0.39, 0.29) is 10.9 Å². The monoisotopic (exact) mass is 1270 g/mol. The van der Waals surface area contributed by atoms with Crippen molar-refractivity contribution in [1.29, 1.82) is 0 Å². The molecule has 0 saturated heterocycles. The summed E-state index contributed by atoms with van der Waals surface area (Å²) in [6.45, 7) is 6.94. The van der Waals surface area contributed by atoms with Crippen molar-refractivity contribution >= 4 is 97.7 Å². The Morgan fingerprint density at radius 3 is 1.44 bits per heavy atom. The molecule has 3 aromatic heterocycles. The standard InChI is InChI=1S/C20H19F2N3O3S.C19H15ClF2N2O3S2.C19H16F2N2O3S/c1-20(2,29(27,28)17-10-9-14(21)11-15(17)22)19(26)23-18-12-16(24-25(18)3)13-7-5-4-6-8-13;1-19(2,29(26,27)16-8-7-13(21)9-14(16)22)17(25)24-18-23-15(10-28-18)11-3-5-12(20)6-4-11;1-19(2,27(25,26)17-8-7-13(20)10-15(17)21)18(24)23-14-9-12-5-3-4-6-16(12)22-11-14/h4-12H,1-3H3,(H,23,26);3-10H,1-2H3,(H,23,24,25);3-11H,1-2H3,(H,23,24). The Labute approximate surface area is 493 Å². The number of hydrogen-bond donors (Lipinski definition) is 3. The van der Waals surface area contributed by atoms with Crippen LogP contribution in [-0.2, 0) is 50.9 Å². The summed E-state index contributed by atoms with van der Waals surface area (Å²) in [7, 11) is -11.7. The van der Waals surface area contributed by atoms with Crippen molar-refractivity contribution in [3.05, 3.63) is 197 Å². The number of para-hydroxylation sites is 1. The van der Waals surface area contributed by atoms with E-state index >= 15 is 0 Å². The lowest BCUT2D eigenvalue weighted by molar-refractivity contribution is -0.118. The van der Waals surface area contributed by atoms with Crippen molar-refractivity contribution in [2.24, 2.45) is 7.05 Å². The van der Waals surface area contributed by atoms with E-state index in [1.807, 2.05) is 36.4 Å². The van der Waals surface area contributed by atoms with Crippen molar-refractivity contribution in [1.82, 2.24) is 19.7 Å². The highest BCUT2D eigenvalue weighted by Crippen LogP contribution is 2.34. The molecule has 85 heavy (non-hydrogen) atoms. The molecule has 27 heteroatoms. The van der Waals surface area contributed by atoms with Crippen LogP contribution < -0.4 is 16.0 Å². The van der Waals surface area contributed by atoms with Gasteiger partial charge in [-0.1, -0.05) is 72.3 Å². The van der Waals surface area contributed by atoms with Gasteiger partial charge in [0.2, 0.25) is 17.7 Å². The summed E-state index contributed by atoms with van der Waals surface area (Å²) in [5.41, 5.74) is 3.79. The molecule has 444 valence electrons. The minimum Gasteiger partial charge on any atom is -0.323 e. The van der Waals surface area contributed by atoms with Gasteiger partial charge in [0, 0.05) is 58.2 Å². The van der Waals surface area contributed by atoms with Crippen molar-refractivity contribution in [2.75, 3.05) is 16.0 Å². The third kappa shape index (κ3) is 13.8. The number of aryl methyl sites for hydroxylation is 1. The molecule has 0 spiro atoms. The quantitative estimate of drug-likeness (QED) is 0.0681. The third-order valence-corrected chi connectivity index (χ3v) is 21.4. The van der Waals surface area contributed by atoms with Crippen molar-refractivity contribution in [3.8, 4) is 22.5 Å². The molecule has 16 nitrogen and oxygen atoms in total. The Kier molecular flexibility index (Phi) is 19.0. The van der Waals surface area contributed by atoms with Crippen LogP contribution in [0.2, 0.25) is 5.02 Å². The Morgan fingerprint density at radius 1 is 0.518 bits per heavy atom. The average Bonchev–Trinajstić information content (AvgIpc) is 1.99. The van der Waals surface area contributed by atoms with Gasteiger partial charge in [0.05, 0.1) is 28.8 Å². The maximum atomic E-state index is 14.1. The van der Waals surface area contributed by atoms with E-state index in [0.29, 0.717) is 40.3 Å². The first kappa shape index (κ1) is 64.3. The Bertz CT molecular complexity index is 4380. The number of pyridine rings is 1. The summed E-state index contributed by atoms with van der Waals surface area (Å²) in [5.74, 6) is -8.84. The molecule has 3 N–H and O–H groups in total. The molecule has 0 aliphatic heterocycles. The number of hydrogen-bond acceptors (Lipinski definition) is 13. The molecule has 6 aromatic carbocycles. The van der Waals surface area contributed by atoms with Crippen LogP contribution >= 0.6 is 22.9 Å². The number of carbonyl (C=O) groups is 3. The van der Waals surface area contributed by atoms with Gasteiger partial charge in [-0.05, 0) is 102 Å². The van der Waals surface area contributed by atoms with E-state index in [1.54, 1.807) is 67.0 Å². The zero-order valence-corrected chi connectivity index (χ0v) is 49.8. The van der Waals surface area contributed by atoms with Gasteiger partial charge in [-0.15, -0.1) is 11.3 Å². The summed E-state index contributed by atoms with van der Waals surface area (Å²) < 4.78 is 154. The minimum absolute atomic E-state index is 0.183. The number of nitrogens with zero attached hydrogens (tertiary/aromatic N) is 4. The lowest BCUT2D eigenvalue weighted by atomic mass is 10.1. The summed E-state index contributed by atoms with van der Waals surface area (Å²) in [6.07, 6.45) is 1.40. The molecule has 0 unspecified atom stereocenters. The number of rotatable bonds is 14. The highest BCUT2D eigenvalue weighted by atomic mass is 35.5. The molecule has 0 aliphatic rings. The largest absolute Gasteiger partial charge is 0.323 e. The van der Waals surface area contributed by atoms with Crippen LogP contribution in [0.1, 0.15) is 41.5 Å². The van der Waals surface area contributed by atoms with Gasteiger partial charge < -0.3 is 16.0 Å². The van der Waals surface area contributed by atoms with Gasteiger partial charge in [-0.3, -0.25) is 24.0 Å². The highest BCUT2D eigenvalue weighted by Gasteiger charge is 2.47. The number of sulfone groups is 3. The average molecular weight is 1270 g/mol. The van der Waals surface area contributed by atoms with E-state index < -0.39 is 111 Å². The van der Waals surface area contributed by atoms with Crippen LogP contribution in [0.3, 0.4) is 0 Å². The van der Waals surface area contributed by atoms with Crippen molar-refractivity contribution in [3.63, 3.8) is 0 Å². The maximum Gasteiger partial charge on any atom is 0.247 e. The highest BCUT2D eigenvalue weighted by molar-refractivity contribution is 7.94. The molecule has 3 heterocycles. The summed E-state index contributed by atoms with van der Waals surface area (Å²) >= 11 is 6.97. The second-order valence-electron chi connectivity index (χ2n) is 20.0. The topological polar surface area (TPSA) is 233 Å². The van der Waals surface area contributed by atoms with E-state index in [9.17, 15) is 66.0 Å². The molecular weight excluding hydrogens is 1220 g/mol. The molecule has 9 aromatic rings. The number of carbonyl (C=O) groups excluding carboxylic acids is 3. The number of amides is 3. The first-order chi connectivity index (χ1) is 39.7. The predicted molar refractivity (Wildman–Crippen MR) is 312 cm³/mol. The summed E-state index contributed by atoms with van der Waals surface area (Å²) in [4.78, 5) is 44.4. The Balaban J connectivity index is 0.000000183. The van der Waals surface area contributed by atoms with Gasteiger partial charge in [0.15, 0.2) is 34.6 Å². The van der Waals surface area contributed by atoms with Gasteiger partial charge in [0.1, 0.15) is 69.6 Å². The predicted octanol–water partition coefficient (Wildman–Crippen LogP) is 12.2. The fraction of sp³-hybridized carbons (Fsp3) is 0.172. The number of anilines is 3. The zero-order valence-electron chi connectivity index (χ0n) is 45.8. The smallest absolute Gasteiger partial charge is 0.247 e. The molecule has 0 fully saturated rings. The lowest BCUT2D eigenvalue weighted by Crippen LogP contribution is -2.45. The van der Waals surface area contributed by atoms with Gasteiger partial charge in [0.25, 0.3) is 0 Å². The van der Waals surface area contributed by atoms with Crippen LogP contribution in [0.4, 0.5) is 43.0 Å². The molecule has 0 atom stereocenters. The molecule has 0 saturated carbocycles. The first-order valence-electron chi connectivity index (χ1n) is 24.9.